The molecule has 0 bridgehead atoms. The SMILES string of the molecule is c1ccc(Oc2ccc(Oc3ccc(Oc4ccc(Oc5ccc(Oc6ccccc6)cc5)cc4)cc3)cc2)cc1. The Bertz CT molecular complexity index is 1520. The highest BCUT2D eigenvalue weighted by Gasteiger charge is 2.04. The molecule has 0 N–H and O–H groups in total. The molecule has 0 radical (unpaired) electrons. The van der Waals surface area contributed by atoms with E-state index in [4.69, 9.17) is 23.7 Å². The third-order valence-corrected chi connectivity index (χ3v) is 5.96. The fourth-order valence-corrected chi connectivity index (χ4v) is 3.96. The van der Waals surface area contributed by atoms with Gasteiger partial charge in [0.1, 0.15) is 57.5 Å². The van der Waals surface area contributed by atoms with Crippen LogP contribution in [-0.2, 0) is 0 Å². The van der Waals surface area contributed by atoms with Crippen molar-refractivity contribution in [2.24, 2.45) is 0 Å². The van der Waals surface area contributed by atoms with Crippen molar-refractivity contribution in [3.05, 3.63) is 158 Å². The third-order valence-electron chi connectivity index (χ3n) is 5.96. The molecule has 0 saturated heterocycles. The lowest BCUT2D eigenvalue weighted by molar-refractivity contribution is 0.460. The molecule has 200 valence electrons. The number of rotatable bonds is 10. The van der Waals surface area contributed by atoms with Crippen LogP contribution >= 0.6 is 0 Å². The van der Waals surface area contributed by atoms with Gasteiger partial charge in [0.2, 0.25) is 0 Å². The van der Waals surface area contributed by atoms with Crippen LogP contribution in [0.4, 0.5) is 0 Å². The van der Waals surface area contributed by atoms with Gasteiger partial charge in [-0.1, -0.05) is 36.4 Å². The van der Waals surface area contributed by atoms with Crippen molar-refractivity contribution in [3.8, 4) is 57.5 Å². The first kappa shape index (κ1) is 25.6. The van der Waals surface area contributed by atoms with Crippen molar-refractivity contribution in [2.45, 2.75) is 0 Å². The zero-order valence-electron chi connectivity index (χ0n) is 22.1. The van der Waals surface area contributed by atoms with Crippen molar-refractivity contribution in [1.82, 2.24) is 0 Å². The predicted molar refractivity (Wildman–Crippen MR) is 159 cm³/mol. The maximum absolute atomic E-state index is 5.99. The number of ether oxygens (including phenoxy) is 5. The highest BCUT2D eigenvalue weighted by Crippen LogP contribution is 2.31. The average Bonchev–Trinajstić information content (AvgIpc) is 3.02. The van der Waals surface area contributed by atoms with Gasteiger partial charge in [0, 0.05) is 0 Å². The highest BCUT2D eigenvalue weighted by molar-refractivity contribution is 5.42. The summed E-state index contributed by atoms with van der Waals surface area (Å²) in [6.07, 6.45) is 0. The summed E-state index contributed by atoms with van der Waals surface area (Å²) in [6, 6.07) is 49.3. The van der Waals surface area contributed by atoms with Crippen molar-refractivity contribution in [3.63, 3.8) is 0 Å². The van der Waals surface area contributed by atoms with Crippen LogP contribution < -0.4 is 23.7 Å². The van der Waals surface area contributed by atoms with Gasteiger partial charge in [-0.15, -0.1) is 0 Å². The molecular formula is C36H26O5. The van der Waals surface area contributed by atoms with Gasteiger partial charge in [-0.25, -0.2) is 0 Å². The van der Waals surface area contributed by atoms with E-state index in [0.29, 0.717) is 34.5 Å². The molecular weight excluding hydrogens is 512 g/mol. The van der Waals surface area contributed by atoms with E-state index in [0.717, 1.165) is 23.0 Å². The van der Waals surface area contributed by atoms with Gasteiger partial charge in [0.25, 0.3) is 0 Å². The molecule has 6 aromatic rings. The number of para-hydroxylation sites is 2. The summed E-state index contributed by atoms with van der Waals surface area (Å²) in [4.78, 5) is 0. The van der Waals surface area contributed by atoms with E-state index in [9.17, 15) is 0 Å². The van der Waals surface area contributed by atoms with Crippen LogP contribution in [0.1, 0.15) is 0 Å². The molecule has 6 aromatic carbocycles. The van der Waals surface area contributed by atoms with Gasteiger partial charge in [0.15, 0.2) is 0 Å². The molecule has 0 heterocycles. The molecule has 0 unspecified atom stereocenters. The van der Waals surface area contributed by atoms with Crippen LogP contribution in [0.3, 0.4) is 0 Å². The Morgan fingerprint density at radius 3 is 0.488 bits per heavy atom. The summed E-state index contributed by atoms with van der Waals surface area (Å²) in [5.74, 6) is 7.32. The maximum Gasteiger partial charge on any atom is 0.127 e. The van der Waals surface area contributed by atoms with E-state index in [2.05, 4.69) is 0 Å². The summed E-state index contributed by atoms with van der Waals surface area (Å²) in [6.45, 7) is 0. The Labute approximate surface area is 238 Å². The fraction of sp³-hybridized carbons (Fsp3) is 0. The molecule has 0 amide bonds. The lowest BCUT2D eigenvalue weighted by Gasteiger charge is -2.11. The standard InChI is InChI=1S/C36H26O5/c1-3-7-27(8-4-1)37-29-11-15-31(16-12-29)39-33-19-23-35(24-20-33)41-36-25-21-34(22-26-36)40-32-17-13-30(14-18-32)38-28-9-5-2-6-10-28/h1-26H. The Hall–Kier alpha value is -5.68. The summed E-state index contributed by atoms with van der Waals surface area (Å²) < 4.78 is 29.6. The van der Waals surface area contributed by atoms with Gasteiger partial charge < -0.3 is 23.7 Å². The van der Waals surface area contributed by atoms with Gasteiger partial charge in [-0.2, -0.15) is 0 Å². The Morgan fingerprint density at radius 1 is 0.171 bits per heavy atom. The average molecular weight is 539 g/mol. The number of benzene rings is 6. The molecule has 0 aliphatic carbocycles. The first-order valence-corrected chi connectivity index (χ1v) is 13.1. The van der Waals surface area contributed by atoms with Gasteiger partial charge in [-0.05, 0) is 121 Å². The Morgan fingerprint density at radius 2 is 0.317 bits per heavy atom. The predicted octanol–water partition coefficient (Wildman–Crippen LogP) is 10.6. The van der Waals surface area contributed by atoms with Gasteiger partial charge in [0.05, 0.1) is 0 Å². The minimum absolute atomic E-state index is 0.701. The summed E-state index contributed by atoms with van der Waals surface area (Å²) in [5.41, 5.74) is 0. The minimum Gasteiger partial charge on any atom is -0.457 e. The van der Waals surface area contributed by atoms with E-state index < -0.39 is 0 Å². The Kier molecular flexibility index (Phi) is 7.77. The van der Waals surface area contributed by atoms with Crippen LogP contribution in [-0.4, -0.2) is 0 Å². The minimum atomic E-state index is 0.701. The summed E-state index contributed by atoms with van der Waals surface area (Å²) in [5, 5.41) is 0. The molecule has 41 heavy (non-hydrogen) atoms. The van der Waals surface area contributed by atoms with Crippen LogP contribution in [0.25, 0.3) is 0 Å². The maximum atomic E-state index is 5.99. The first-order valence-electron chi connectivity index (χ1n) is 13.1. The second kappa shape index (κ2) is 12.5. The number of hydrogen-bond acceptors (Lipinski definition) is 5. The van der Waals surface area contributed by atoms with Crippen molar-refractivity contribution in [2.75, 3.05) is 0 Å². The summed E-state index contributed by atoms with van der Waals surface area (Å²) >= 11 is 0. The molecule has 0 saturated carbocycles. The normalized spacial score (nSPS) is 10.4. The van der Waals surface area contributed by atoms with Crippen LogP contribution in [0.5, 0.6) is 57.5 Å². The van der Waals surface area contributed by atoms with E-state index in [1.807, 2.05) is 158 Å². The molecule has 0 fully saturated rings. The lowest BCUT2D eigenvalue weighted by Crippen LogP contribution is -1.88. The molecule has 0 aromatic heterocycles. The first-order chi connectivity index (χ1) is 20.2. The second-order valence-electron chi connectivity index (χ2n) is 9.02. The highest BCUT2D eigenvalue weighted by atomic mass is 16.5. The van der Waals surface area contributed by atoms with E-state index in [-0.39, 0.29) is 0 Å². The second-order valence-corrected chi connectivity index (χ2v) is 9.02. The van der Waals surface area contributed by atoms with Crippen molar-refractivity contribution < 1.29 is 23.7 Å². The topological polar surface area (TPSA) is 46.2 Å². The zero-order valence-corrected chi connectivity index (χ0v) is 22.1. The van der Waals surface area contributed by atoms with Crippen LogP contribution in [0, 0.1) is 0 Å². The van der Waals surface area contributed by atoms with Crippen LogP contribution in [0.15, 0.2) is 158 Å². The quantitative estimate of drug-likeness (QED) is 0.174. The number of hydrogen-bond donors (Lipinski definition) is 0. The van der Waals surface area contributed by atoms with E-state index in [1.54, 1.807) is 0 Å². The molecule has 5 nitrogen and oxygen atoms in total. The zero-order chi connectivity index (χ0) is 27.7. The van der Waals surface area contributed by atoms with Crippen molar-refractivity contribution in [1.29, 1.82) is 0 Å². The molecule has 0 spiro atoms. The fourth-order valence-electron chi connectivity index (χ4n) is 3.96. The lowest BCUT2D eigenvalue weighted by atomic mass is 10.3. The van der Waals surface area contributed by atoms with E-state index in [1.165, 1.54) is 0 Å². The molecule has 0 atom stereocenters. The monoisotopic (exact) mass is 538 g/mol. The van der Waals surface area contributed by atoms with Crippen molar-refractivity contribution >= 4 is 0 Å². The summed E-state index contributed by atoms with van der Waals surface area (Å²) in [7, 11) is 0. The smallest absolute Gasteiger partial charge is 0.127 e. The van der Waals surface area contributed by atoms with Crippen LogP contribution in [0.2, 0.25) is 0 Å². The molecule has 0 aliphatic rings. The molecule has 0 aliphatic heterocycles. The third kappa shape index (κ3) is 7.25. The molecule has 6 rings (SSSR count). The van der Waals surface area contributed by atoms with Gasteiger partial charge >= 0.3 is 0 Å². The largest absolute Gasteiger partial charge is 0.457 e. The van der Waals surface area contributed by atoms with E-state index >= 15 is 0 Å². The molecule has 5 heteroatoms. The Balaban J connectivity index is 0.995. The van der Waals surface area contributed by atoms with Gasteiger partial charge in [-0.3, -0.25) is 0 Å².